The molecule has 0 aliphatic heterocycles. The third-order valence-corrected chi connectivity index (χ3v) is 4.87. The summed E-state index contributed by atoms with van der Waals surface area (Å²) in [6.07, 6.45) is 1.43. The van der Waals surface area contributed by atoms with Gasteiger partial charge in [-0.15, -0.1) is 0 Å². The van der Waals surface area contributed by atoms with Crippen molar-refractivity contribution in [3.05, 3.63) is 85.5 Å². The molecular weight excluding hydrogens is 422 g/mol. The highest BCUT2D eigenvalue weighted by Gasteiger charge is 2.18. The number of benzene rings is 1. The highest BCUT2D eigenvalue weighted by Crippen LogP contribution is 2.11. The molecule has 0 aliphatic carbocycles. The molecule has 0 saturated carbocycles. The molecule has 9 nitrogen and oxygen atoms in total. The number of aryl methyl sites for hydroxylation is 1. The van der Waals surface area contributed by atoms with Gasteiger partial charge in [0, 0.05) is 6.54 Å². The highest BCUT2D eigenvalue weighted by molar-refractivity contribution is 6.29. The van der Waals surface area contributed by atoms with Gasteiger partial charge in [0.15, 0.2) is 0 Å². The van der Waals surface area contributed by atoms with Crippen molar-refractivity contribution in [1.29, 1.82) is 0 Å². The first-order valence-corrected chi connectivity index (χ1v) is 9.90. The Morgan fingerprint density at radius 2 is 1.90 bits per heavy atom. The molecule has 0 unspecified atom stereocenters. The second-order valence-electron chi connectivity index (χ2n) is 7.09. The van der Waals surface area contributed by atoms with Crippen LogP contribution in [0.3, 0.4) is 0 Å². The van der Waals surface area contributed by atoms with Gasteiger partial charge < -0.3 is 4.74 Å². The Morgan fingerprint density at radius 3 is 2.52 bits per heavy atom. The van der Waals surface area contributed by atoms with E-state index in [1.165, 1.54) is 17.9 Å². The lowest BCUT2D eigenvalue weighted by Gasteiger charge is -2.14. The maximum Gasteiger partial charge on any atom is 0.335 e. The summed E-state index contributed by atoms with van der Waals surface area (Å²) >= 11 is 5.82. The van der Waals surface area contributed by atoms with E-state index in [-0.39, 0.29) is 18.7 Å². The molecule has 2 heterocycles. The first-order chi connectivity index (χ1) is 14.8. The van der Waals surface area contributed by atoms with E-state index in [1.807, 2.05) is 31.2 Å². The van der Waals surface area contributed by atoms with Gasteiger partial charge in [-0.25, -0.2) is 24.1 Å². The van der Waals surface area contributed by atoms with Gasteiger partial charge in [0.2, 0.25) is 5.62 Å². The largest absolute Gasteiger partial charge is 0.469 e. The maximum atomic E-state index is 13.2. The molecule has 3 rings (SSSR count). The van der Waals surface area contributed by atoms with Crippen LogP contribution >= 0.6 is 11.6 Å². The van der Waals surface area contributed by atoms with Gasteiger partial charge in [-0.3, -0.25) is 14.3 Å². The molecule has 3 aromatic rings. The van der Waals surface area contributed by atoms with Crippen LogP contribution in [0, 0.1) is 12.8 Å². The SMILES string of the molecule is COC(=O)[C@@H](C)Cn1c(=O)[nH]/c(=N\c2ccc(Cl)nc2)n(Cc2ccc(C)cc2)c1=O. The van der Waals surface area contributed by atoms with Crippen LogP contribution in [0.2, 0.25) is 5.15 Å². The van der Waals surface area contributed by atoms with Crippen molar-refractivity contribution in [1.82, 2.24) is 19.1 Å². The summed E-state index contributed by atoms with van der Waals surface area (Å²) in [7, 11) is 1.26. The Hall–Kier alpha value is -3.46. The molecule has 0 spiro atoms. The second-order valence-corrected chi connectivity index (χ2v) is 7.48. The van der Waals surface area contributed by atoms with Gasteiger partial charge in [-0.2, -0.15) is 0 Å². The number of nitrogens with zero attached hydrogens (tertiary/aromatic N) is 4. The number of carbonyl (C=O) groups excluding carboxylic acids is 1. The molecule has 162 valence electrons. The number of methoxy groups -OCH3 is 1. The number of pyridine rings is 1. The minimum Gasteiger partial charge on any atom is -0.469 e. The van der Waals surface area contributed by atoms with Crippen LogP contribution in [0.25, 0.3) is 0 Å². The van der Waals surface area contributed by atoms with E-state index in [0.717, 1.165) is 15.7 Å². The van der Waals surface area contributed by atoms with Crippen molar-refractivity contribution < 1.29 is 9.53 Å². The first kappa shape index (κ1) is 22.2. The van der Waals surface area contributed by atoms with Gasteiger partial charge >= 0.3 is 17.3 Å². The Morgan fingerprint density at radius 1 is 1.19 bits per heavy atom. The Labute approximate surface area is 182 Å². The quantitative estimate of drug-likeness (QED) is 0.461. The summed E-state index contributed by atoms with van der Waals surface area (Å²) in [5, 5.41) is 0.298. The number of aromatic amines is 1. The molecule has 0 bridgehead atoms. The molecule has 0 radical (unpaired) electrons. The first-order valence-electron chi connectivity index (χ1n) is 9.52. The summed E-state index contributed by atoms with van der Waals surface area (Å²) in [5.74, 6) is -1.20. The van der Waals surface area contributed by atoms with Crippen LogP contribution in [0.4, 0.5) is 5.69 Å². The summed E-state index contributed by atoms with van der Waals surface area (Å²) in [5.41, 5.74) is 1.12. The van der Waals surface area contributed by atoms with Crippen molar-refractivity contribution in [3.63, 3.8) is 0 Å². The van der Waals surface area contributed by atoms with Crippen LogP contribution in [0.1, 0.15) is 18.1 Å². The third-order valence-electron chi connectivity index (χ3n) is 4.65. The van der Waals surface area contributed by atoms with Crippen LogP contribution in [-0.2, 0) is 22.6 Å². The van der Waals surface area contributed by atoms with E-state index in [1.54, 1.807) is 19.1 Å². The molecule has 0 saturated heterocycles. The van der Waals surface area contributed by atoms with Gasteiger partial charge in [-0.1, -0.05) is 48.4 Å². The van der Waals surface area contributed by atoms with E-state index in [4.69, 9.17) is 16.3 Å². The fourth-order valence-electron chi connectivity index (χ4n) is 2.93. The number of halogens is 1. The number of ether oxygens (including phenoxy) is 1. The van der Waals surface area contributed by atoms with Gasteiger partial charge in [0.05, 0.1) is 31.5 Å². The van der Waals surface area contributed by atoms with Crippen molar-refractivity contribution in [2.45, 2.75) is 26.9 Å². The van der Waals surface area contributed by atoms with Crippen LogP contribution in [0.5, 0.6) is 0 Å². The Balaban J connectivity index is 2.16. The number of hydrogen-bond donors (Lipinski definition) is 1. The van der Waals surface area contributed by atoms with Gasteiger partial charge in [0.25, 0.3) is 0 Å². The summed E-state index contributed by atoms with van der Waals surface area (Å²) < 4.78 is 7.01. The van der Waals surface area contributed by atoms with E-state index in [0.29, 0.717) is 10.8 Å². The number of aromatic nitrogens is 4. The predicted molar refractivity (Wildman–Crippen MR) is 115 cm³/mol. The molecule has 0 fully saturated rings. The fraction of sp³-hybridized carbons (Fsp3) is 0.286. The molecule has 10 heteroatoms. The zero-order valence-corrected chi connectivity index (χ0v) is 18.1. The molecule has 0 aliphatic rings. The summed E-state index contributed by atoms with van der Waals surface area (Å²) in [4.78, 5) is 48.6. The lowest BCUT2D eigenvalue weighted by Crippen LogP contribution is -2.51. The number of H-pyrrole nitrogens is 1. The zero-order chi connectivity index (χ0) is 22.5. The fourth-order valence-corrected chi connectivity index (χ4v) is 3.04. The molecule has 1 aromatic carbocycles. The third kappa shape index (κ3) is 5.37. The summed E-state index contributed by atoms with van der Waals surface area (Å²) in [6.45, 7) is 3.59. The van der Waals surface area contributed by atoms with E-state index in [2.05, 4.69) is 15.0 Å². The van der Waals surface area contributed by atoms with Crippen molar-refractivity contribution in [2.75, 3.05) is 7.11 Å². The molecule has 31 heavy (non-hydrogen) atoms. The summed E-state index contributed by atoms with van der Waals surface area (Å²) in [6, 6.07) is 10.8. The average Bonchev–Trinajstić information content (AvgIpc) is 2.76. The average molecular weight is 444 g/mol. The van der Waals surface area contributed by atoms with Crippen molar-refractivity contribution >= 4 is 23.3 Å². The van der Waals surface area contributed by atoms with E-state index < -0.39 is 23.3 Å². The number of nitrogens with one attached hydrogen (secondary N) is 1. The lowest BCUT2D eigenvalue weighted by molar-refractivity contribution is -0.145. The standard InChI is InChI=1S/C21H22ClN5O4/c1-13-4-6-15(7-5-13)12-26-19(24-16-8-9-17(22)23-10-16)25-20(29)27(21(26)30)11-14(2)18(28)31-3/h4-10,14H,11-12H2,1-3H3,(H,24,25,29)/t14-/m0/s1. The van der Waals surface area contributed by atoms with Crippen molar-refractivity contribution in [3.8, 4) is 0 Å². The molecule has 0 amide bonds. The molecule has 1 N–H and O–H groups in total. The number of rotatable bonds is 6. The van der Waals surface area contributed by atoms with Gasteiger partial charge in [-0.05, 0) is 24.6 Å². The lowest BCUT2D eigenvalue weighted by atomic mass is 10.1. The smallest absolute Gasteiger partial charge is 0.335 e. The van der Waals surface area contributed by atoms with Crippen LogP contribution in [-0.4, -0.2) is 32.2 Å². The van der Waals surface area contributed by atoms with Crippen molar-refractivity contribution in [2.24, 2.45) is 10.9 Å². The second kappa shape index (κ2) is 9.57. The normalized spacial score (nSPS) is 12.6. The maximum absolute atomic E-state index is 13.2. The number of esters is 1. The Kier molecular flexibility index (Phi) is 6.86. The predicted octanol–water partition coefficient (Wildman–Crippen LogP) is 1.78. The number of hydrogen-bond acceptors (Lipinski definition) is 6. The number of carbonyl (C=O) groups is 1. The molecular formula is C21H22ClN5O4. The monoisotopic (exact) mass is 443 g/mol. The Bertz CT molecular complexity index is 1260. The topological polar surface area (TPSA) is 111 Å². The zero-order valence-electron chi connectivity index (χ0n) is 17.3. The highest BCUT2D eigenvalue weighted by atomic mass is 35.5. The van der Waals surface area contributed by atoms with Crippen LogP contribution < -0.4 is 17.0 Å². The minimum atomic E-state index is -0.681. The molecule has 1 atom stereocenters. The minimum absolute atomic E-state index is 0.0571. The van der Waals surface area contributed by atoms with Gasteiger partial charge in [0.1, 0.15) is 5.15 Å². The van der Waals surface area contributed by atoms with E-state index >= 15 is 0 Å². The van der Waals surface area contributed by atoms with E-state index in [9.17, 15) is 14.4 Å². The van der Waals surface area contributed by atoms with Crippen LogP contribution in [0.15, 0.2) is 57.2 Å². The molecule has 2 aromatic heterocycles.